The molecular weight excluding hydrogens is 162 g/mol. The van der Waals surface area contributed by atoms with E-state index < -0.39 is 0 Å². The summed E-state index contributed by atoms with van der Waals surface area (Å²) in [6.45, 7) is 0. The third-order valence-corrected chi connectivity index (χ3v) is 3.17. The van der Waals surface area contributed by atoms with Crippen molar-refractivity contribution in [3.63, 3.8) is 0 Å². The third kappa shape index (κ3) is 0.804. The van der Waals surface area contributed by atoms with Crippen molar-refractivity contribution in [3.05, 3.63) is 35.4 Å². The average molecular weight is 173 g/mol. The fourth-order valence-electron chi connectivity index (χ4n) is 2.30. The molecule has 2 atom stereocenters. The Morgan fingerprint density at radius 2 is 2.15 bits per heavy atom. The Morgan fingerprint density at radius 1 is 1.38 bits per heavy atom. The molecule has 2 nitrogen and oxygen atoms in total. The van der Waals surface area contributed by atoms with Gasteiger partial charge in [0.1, 0.15) is 0 Å². The number of hydrogen-bond acceptors (Lipinski definition) is 1. The van der Waals surface area contributed by atoms with Gasteiger partial charge in [0.25, 0.3) is 5.91 Å². The number of benzene rings is 1. The fraction of sp³-hybridized carbons (Fsp3) is 0.364. The molecule has 1 amide bonds. The summed E-state index contributed by atoms with van der Waals surface area (Å²) in [4.78, 5) is 13.7. The molecule has 0 saturated heterocycles. The molecule has 1 aromatic rings. The van der Waals surface area contributed by atoms with Gasteiger partial charge in [-0.25, -0.2) is 0 Å². The molecular formula is C11H11NO. The largest absolute Gasteiger partial charge is 0.338 e. The summed E-state index contributed by atoms with van der Waals surface area (Å²) in [6, 6.07) is 8.47. The van der Waals surface area contributed by atoms with Crippen LogP contribution >= 0.6 is 0 Å². The summed E-state index contributed by atoms with van der Waals surface area (Å²) in [6.07, 6.45) is 1.15. The van der Waals surface area contributed by atoms with Crippen molar-refractivity contribution in [2.45, 2.75) is 18.4 Å². The van der Waals surface area contributed by atoms with Gasteiger partial charge in [-0.3, -0.25) is 4.79 Å². The van der Waals surface area contributed by atoms with Gasteiger partial charge < -0.3 is 4.90 Å². The van der Waals surface area contributed by atoms with Crippen LogP contribution in [0.4, 0.5) is 0 Å². The zero-order chi connectivity index (χ0) is 9.00. The lowest BCUT2D eigenvalue weighted by atomic mass is 9.99. The number of carbonyl (C=O) groups excluding carboxylic acids is 1. The number of amides is 1. The Bertz CT molecular complexity index is 385. The summed E-state index contributed by atoms with van der Waals surface area (Å²) in [5.74, 6) is 0.813. The van der Waals surface area contributed by atoms with E-state index in [0.29, 0.717) is 12.0 Å². The first-order chi connectivity index (χ1) is 6.29. The normalized spacial score (nSPS) is 29.6. The zero-order valence-corrected chi connectivity index (χ0v) is 7.53. The SMILES string of the molecule is CN1C(=O)c2ccccc2[C@H]2C[C@H]21. The monoisotopic (exact) mass is 173 g/mol. The predicted molar refractivity (Wildman–Crippen MR) is 49.7 cm³/mol. The molecule has 1 saturated carbocycles. The second kappa shape index (κ2) is 2.13. The van der Waals surface area contributed by atoms with Gasteiger partial charge in [0.15, 0.2) is 0 Å². The Labute approximate surface area is 77.2 Å². The zero-order valence-electron chi connectivity index (χ0n) is 7.53. The van der Waals surface area contributed by atoms with Crippen LogP contribution in [0.2, 0.25) is 0 Å². The van der Waals surface area contributed by atoms with Crippen LogP contribution < -0.4 is 0 Å². The highest BCUT2D eigenvalue weighted by Gasteiger charge is 2.48. The van der Waals surface area contributed by atoms with E-state index in [4.69, 9.17) is 0 Å². The number of likely N-dealkylation sites (N-methyl/N-ethyl adjacent to an activating group) is 1. The Kier molecular flexibility index (Phi) is 1.17. The van der Waals surface area contributed by atoms with E-state index >= 15 is 0 Å². The molecule has 1 aliphatic heterocycles. The Morgan fingerprint density at radius 3 is 3.00 bits per heavy atom. The smallest absolute Gasteiger partial charge is 0.254 e. The van der Waals surface area contributed by atoms with Crippen LogP contribution in [0.5, 0.6) is 0 Å². The molecule has 0 unspecified atom stereocenters. The minimum atomic E-state index is 0.189. The molecule has 66 valence electrons. The second-order valence-electron chi connectivity index (χ2n) is 3.91. The minimum Gasteiger partial charge on any atom is -0.338 e. The Hall–Kier alpha value is -1.31. The van der Waals surface area contributed by atoms with Gasteiger partial charge in [-0.1, -0.05) is 18.2 Å². The molecule has 0 radical (unpaired) electrons. The molecule has 3 rings (SSSR count). The summed E-state index contributed by atoms with van der Waals surface area (Å²) >= 11 is 0. The van der Waals surface area contributed by atoms with E-state index in [1.807, 2.05) is 30.1 Å². The van der Waals surface area contributed by atoms with Crippen LogP contribution in [0.3, 0.4) is 0 Å². The molecule has 0 N–H and O–H groups in total. The molecule has 2 aliphatic rings. The lowest BCUT2D eigenvalue weighted by molar-refractivity contribution is 0.0770. The van der Waals surface area contributed by atoms with E-state index in [1.165, 1.54) is 5.56 Å². The first kappa shape index (κ1) is 7.13. The quantitative estimate of drug-likeness (QED) is 0.584. The van der Waals surface area contributed by atoms with Gasteiger partial charge in [-0.2, -0.15) is 0 Å². The third-order valence-electron chi connectivity index (χ3n) is 3.17. The van der Waals surface area contributed by atoms with E-state index in [1.54, 1.807) is 0 Å². The predicted octanol–water partition coefficient (Wildman–Crippen LogP) is 1.63. The fourth-order valence-corrected chi connectivity index (χ4v) is 2.30. The van der Waals surface area contributed by atoms with Crippen molar-refractivity contribution in [2.75, 3.05) is 7.05 Å². The molecule has 13 heavy (non-hydrogen) atoms. The van der Waals surface area contributed by atoms with Gasteiger partial charge >= 0.3 is 0 Å². The van der Waals surface area contributed by atoms with Crippen molar-refractivity contribution in [3.8, 4) is 0 Å². The average Bonchev–Trinajstić information content (AvgIpc) is 2.94. The highest BCUT2D eigenvalue weighted by Crippen LogP contribution is 2.49. The molecule has 1 aromatic carbocycles. The summed E-state index contributed by atoms with van der Waals surface area (Å²) in [7, 11) is 1.91. The molecule has 1 fully saturated rings. The van der Waals surface area contributed by atoms with Crippen molar-refractivity contribution < 1.29 is 4.79 Å². The van der Waals surface area contributed by atoms with E-state index in [-0.39, 0.29) is 5.91 Å². The first-order valence-electron chi connectivity index (χ1n) is 4.65. The number of carbonyl (C=O) groups is 1. The molecule has 0 spiro atoms. The van der Waals surface area contributed by atoms with Gasteiger partial charge in [0.05, 0.1) is 0 Å². The van der Waals surface area contributed by atoms with Crippen LogP contribution in [-0.4, -0.2) is 23.9 Å². The van der Waals surface area contributed by atoms with E-state index in [2.05, 4.69) is 6.07 Å². The topological polar surface area (TPSA) is 20.3 Å². The lowest BCUT2D eigenvalue weighted by Gasteiger charge is -2.23. The van der Waals surface area contributed by atoms with Gasteiger partial charge in [0, 0.05) is 24.6 Å². The van der Waals surface area contributed by atoms with Crippen LogP contribution in [-0.2, 0) is 0 Å². The molecule has 2 heteroatoms. The van der Waals surface area contributed by atoms with Crippen molar-refractivity contribution >= 4 is 5.91 Å². The van der Waals surface area contributed by atoms with Crippen molar-refractivity contribution in [1.82, 2.24) is 4.90 Å². The van der Waals surface area contributed by atoms with Crippen molar-refractivity contribution in [1.29, 1.82) is 0 Å². The second-order valence-corrected chi connectivity index (χ2v) is 3.91. The standard InChI is InChI=1S/C11H11NO/c1-12-10-6-9(10)7-4-2-3-5-8(7)11(12)13/h2-5,9-10H,6H2,1H3/t9-,10-/m1/s1. The number of rotatable bonds is 0. The maximum absolute atomic E-state index is 11.8. The van der Waals surface area contributed by atoms with Crippen LogP contribution in [0, 0.1) is 0 Å². The van der Waals surface area contributed by atoms with Crippen LogP contribution in [0.25, 0.3) is 0 Å². The maximum Gasteiger partial charge on any atom is 0.254 e. The molecule has 1 heterocycles. The number of fused-ring (bicyclic) bond motifs is 3. The summed E-state index contributed by atoms with van der Waals surface area (Å²) in [5.41, 5.74) is 2.17. The van der Waals surface area contributed by atoms with Crippen LogP contribution in [0.1, 0.15) is 28.3 Å². The molecule has 1 aliphatic carbocycles. The summed E-state index contributed by atoms with van der Waals surface area (Å²) < 4.78 is 0. The van der Waals surface area contributed by atoms with Crippen LogP contribution in [0.15, 0.2) is 24.3 Å². The maximum atomic E-state index is 11.8. The number of nitrogens with zero attached hydrogens (tertiary/aromatic N) is 1. The summed E-state index contributed by atoms with van der Waals surface area (Å²) in [5, 5.41) is 0. The number of hydrogen-bond donors (Lipinski definition) is 0. The highest BCUT2D eigenvalue weighted by atomic mass is 16.2. The Balaban J connectivity index is 2.20. The molecule has 0 aromatic heterocycles. The van der Waals surface area contributed by atoms with E-state index in [9.17, 15) is 4.79 Å². The first-order valence-corrected chi connectivity index (χ1v) is 4.65. The van der Waals surface area contributed by atoms with E-state index in [0.717, 1.165) is 12.0 Å². The van der Waals surface area contributed by atoms with Gasteiger partial charge in [-0.15, -0.1) is 0 Å². The minimum absolute atomic E-state index is 0.189. The highest BCUT2D eigenvalue weighted by molar-refractivity contribution is 5.98. The van der Waals surface area contributed by atoms with Gasteiger partial charge in [-0.05, 0) is 18.1 Å². The lowest BCUT2D eigenvalue weighted by Crippen LogP contribution is -2.33. The van der Waals surface area contributed by atoms with Crippen molar-refractivity contribution in [2.24, 2.45) is 0 Å². The molecule has 0 bridgehead atoms. The van der Waals surface area contributed by atoms with Gasteiger partial charge in [0.2, 0.25) is 0 Å².